The van der Waals surface area contributed by atoms with E-state index in [0.29, 0.717) is 9.13 Å². The number of nitrogens with zero attached hydrogens (tertiary/aromatic N) is 4. The maximum Gasteiger partial charge on any atom is 0.421 e. The highest BCUT2D eigenvalue weighted by molar-refractivity contribution is 7.91. The molecule has 1 aliphatic heterocycles. The fourth-order valence-corrected chi connectivity index (χ4v) is 5.11. The van der Waals surface area contributed by atoms with E-state index in [9.17, 15) is 40.8 Å². The molecule has 0 saturated heterocycles. The monoisotopic (exact) mass is 483 g/mol. The van der Waals surface area contributed by atoms with Gasteiger partial charge in [0.25, 0.3) is 21.5 Å². The Bertz CT molecular complexity index is 1340. The lowest BCUT2D eigenvalue weighted by Crippen LogP contribution is -2.62. The molecule has 0 spiro atoms. The molecule has 3 N–H and O–H groups in total. The second kappa shape index (κ2) is 6.95. The summed E-state index contributed by atoms with van der Waals surface area (Å²) in [4.78, 5) is 48.1. The Morgan fingerprint density at radius 3 is 2.32 bits per heavy atom. The molecular formula is C13H12F3N7O6S2. The van der Waals surface area contributed by atoms with Gasteiger partial charge in [-0.25, -0.2) is 13.2 Å². The maximum absolute atomic E-state index is 14.2. The van der Waals surface area contributed by atoms with Gasteiger partial charge in [0, 0.05) is 21.0 Å². The van der Waals surface area contributed by atoms with Gasteiger partial charge in [-0.15, -0.1) is 10.2 Å². The van der Waals surface area contributed by atoms with Crippen molar-refractivity contribution in [2.24, 2.45) is 14.1 Å². The van der Waals surface area contributed by atoms with Gasteiger partial charge in [0.1, 0.15) is 5.82 Å². The standard InChI is InChI=1S/C13H12F3N7O6S2/c1-4(24)17-9-19-20-10(30-9)31(28,29)21-12(13(14,15)16)5-6(18-8(12)26)22(2)11(27)23(3)7(5)25/h21H,1-3H3,(H,18,26)(H,17,19,24). The molecule has 1 unspecified atom stereocenters. The van der Waals surface area contributed by atoms with Crippen molar-refractivity contribution in [2.45, 2.75) is 23.0 Å². The van der Waals surface area contributed by atoms with Gasteiger partial charge in [-0.3, -0.25) is 23.5 Å². The van der Waals surface area contributed by atoms with Gasteiger partial charge in [-0.1, -0.05) is 11.3 Å². The van der Waals surface area contributed by atoms with E-state index in [1.807, 2.05) is 0 Å². The number of nitrogens with one attached hydrogen (secondary N) is 3. The van der Waals surface area contributed by atoms with E-state index < -0.39 is 60.5 Å². The number of anilines is 2. The van der Waals surface area contributed by atoms with Crippen LogP contribution in [0, 0.1) is 0 Å². The molecule has 168 valence electrons. The van der Waals surface area contributed by atoms with Crippen LogP contribution in [0.1, 0.15) is 12.5 Å². The Morgan fingerprint density at radius 2 is 1.77 bits per heavy atom. The van der Waals surface area contributed by atoms with E-state index in [2.05, 4.69) is 15.5 Å². The predicted octanol–water partition coefficient (Wildman–Crippen LogP) is -1.42. The topological polar surface area (TPSA) is 174 Å². The Hall–Kier alpha value is -3.12. The Labute approximate surface area is 173 Å². The van der Waals surface area contributed by atoms with Crippen molar-refractivity contribution in [1.82, 2.24) is 24.1 Å². The lowest BCUT2D eigenvalue weighted by molar-refractivity contribution is -0.194. The molecule has 0 saturated carbocycles. The van der Waals surface area contributed by atoms with E-state index in [1.54, 1.807) is 5.32 Å². The second-order valence-corrected chi connectivity index (χ2v) is 9.12. The van der Waals surface area contributed by atoms with Crippen LogP contribution in [0.15, 0.2) is 13.9 Å². The van der Waals surface area contributed by atoms with Crippen LogP contribution < -0.4 is 26.6 Å². The minimum Gasteiger partial charge on any atom is -0.309 e. The quantitative estimate of drug-likeness (QED) is 0.444. The van der Waals surface area contributed by atoms with E-state index in [4.69, 9.17) is 0 Å². The molecule has 0 bridgehead atoms. The lowest BCUT2D eigenvalue weighted by atomic mass is 9.93. The third-order valence-electron chi connectivity index (χ3n) is 4.24. The van der Waals surface area contributed by atoms with Crippen LogP contribution in [0.2, 0.25) is 0 Å². The third-order valence-corrected chi connectivity index (χ3v) is 6.90. The molecular weight excluding hydrogens is 471 g/mol. The summed E-state index contributed by atoms with van der Waals surface area (Å²) in [5, 5.41) is 10.1. The molecule has 0 aliphatic carbocycles. The van der Waals surface area contributed by atoms with E-state index in [-0.39, 0.29) is 16.5 Å². The number of halogens is 3. The van der Waals surface area contributed by atoms with Gasteiger partial charge in [0.15, 0.2) is 0 Å². The smallest absolute Gasteiger partial charge is 0.309 e. The molecule has 2 amide bonds. The molecule has 0 radical (unpaired) electrons. The Morgan fingerprint density at radius 1 is 1.16 bits per heavy atom. The highest BCUT2D eigenvalue weighted by atomic mass is 32.2. The van der Waals surface area contributed by atoms with Crippen LogP contribution in [0.4, 0.5) is 24.1 Å². The molecule has 18 heteroatoms. The number of carbonyl (C=O) groups is 2. The van der Waals surface area contributed by atoms with Crippen molar-refractivity contribution in [1.29, 1.82) is 0 Å². The van der Waals surface area contributed by atoms with Gasteiger partial charge in [0.05, 0.1) is 5.56 Å². The number of fused-ring (bicyclic) bond motifs is 1. The minimum absolute atomic E-state index is 0.214. The second-order valence-electron chi connectivity index (χ2n) is 6.29. The average Bonchev–Trinajstić information content (AvgIpc) is 3.21. The first-order chi connectivity index (χ1) is 14.1. The van der Waals surface area contributed by atoms with Gasteiger partial charge in [-0.2, -0.15) is 17.9 Å². The van der Waals surface area contributed by atoms with Crippen LogP contribution in [-0.2, 0) is 39.2 Å². The number of hydrogen-bond acceptors (Lipinski definition) is 9. The van der Waals surface area contributed by atoms with E-state index in [0.717, 1.165) is 21.0 Å². The Balaban J connectivity index is 2.26. The van der Waals surface area contributed by atoms with E-state index >= 15 is 0 Å². The highest BCUT2D eigenvalue weighted by Gasteiger charge is 2.69. The number of carbonyl (C=O) groups excluding carboxylic acids is 2. The summed E-state index contributed by atoms with van der Waals surface area (Å²) in [6.45, 7) is 1.08. The molecule has 13 nitrogen and oxygen atoms in total. The van der Waals surface area contributed by atoms with Crippen LogP contribution in [0.25, 0.3) is 0 Å². The number of aromatic nitrogens is 4. The predicted molar refractivity (Wildman–Crippen MR) is 97.8 cm³/mol. The summed E-state index contributed by atoms with van der Waals surface area (Å²) in [7, 11) is -3.34. The molecule has 3 rings (SSSR count). The number of sulfonamides is 1. The SMILES string of the molecule is CC(=O)Nc1nnc(S(=O)(=O)NC2(C(F)(F)F)C(=O)Nc3c2c(=O)n(C)c(=O)n3C)s1. The summed E-state index contributed by atoms with van der Waals surface area (Å²) >= 11 is 0.214. The Kier molecular flexibility index (Phi) is 5.06. The molecule has 1 aliphatic rings. The van der Waals surface area contributed by atoms with Gasteiger partial charge in [-0.05, 0) is 0 Å². The first-order valence-corrected chi connectivity index (χ1v) is 10.3. The minimum atomic E-state index is -5.65. The fraction of sp³-hybridized carbons (Fsp3) is 0.385. The molecule has 1 atom stereocenters. The number of hydrogen-bond donors (Lipinski definition) is 3. The first kappa shape index (κ1) is 22.6. The fourth-order valence-electron chi connectivity index (χ4n) is 2.83. The van der Waals surface area contributed by atoms with Crippen molar-refractivity contribution in [3.63, 3.8) is 0 Å². The van der Waals surface area contributed by atoms with Gasteiger partial charge in [0.2, 0.25) is 20.9 Å². The zero-order chi connectivity index (χ0) is 23.5. The van der Waals surface area contributed by atoms with Crippen LogP contribution in [0.3, 0.4) is 0 Å². The van der Waals surface area contributed by atoms with Crippen LogP contribution >= 0.6 is 11.3 Å². The normalized spacial score (nSPS) is 18.6. The summed E-state index contributed by atoms with van der Waals surface area (Å²) < 4.78 is 69.0. The molecule has 2 aromatic heterocycles. The van der Waals surface area contributed by atoms with Gasteiger partial charge >= 0.3 is 11.9 Å². The van der Waals surface area contributed by atoms with Crippen molar-refractivity contribution < 1.29 is 31.2 Å². The number of alkyl halides is 3. The molecule has 31 heavy (non-hydrogen) atoms. The molecule has 0 aromatic carbocycles. The lowest BCUT2D eigenvalue weighted by Gasteiger charge is -2.29. The van der Waals surface area contributed by atoms with Crippen LogP contribution in [-0.4, -0.2) is 45.7 Å². The molecule has 0 fully saturated rings. The number of rotatable bonds is 4. The molecule has 3 heterocycles. The van der Waals surface area contributed by atoms with Crippen molar-refractivity contribution >= 4 is 44.1 Å². The van der Waals surface area contributed by atoms with Crippen molar-refractivity contribution in [2.75, 3.05) is 10.6 Å². The molecule has 2 aromatic rings. The summed E-state index contributed by atoms with van der Waals surface area (Å²) in [5.74, 6) is -3.40. The van der Waals surface area contributed by atoms with Gasteiger partial charge < -0.3 is 10.6 Å². The third kappa shape index (κ3) is 3.31. The zero-order valence-electron chi connectivity index (χ0n) is 15.7. The maximum atomic E-state index is 14.2. The van der Waals surface area contributed by atoms with E-state index in [1.165, 1.54) is 4.72 Å². The average molecular weight is 483 g/mol. The largest absolute Gasteiger partial charge is 0.421 e. The zero-order valence-corrected chi connectivity index (χ0v) is 17.3. The summed E-state index contributed by atoms with van der Waals surface area (Å²) in [6, 6.07) is 0. The first-order valence-electron chi connectivity index (χ1n) is 7.97. The van der Waals surface area contributed by atoms with Crippen molar-refractivity contribution in [3.05, 3.63) is 26.4 Å². The van der Waals surface area contributed by atoms with Crippen molar-refractivity contribution in [3.8, 4) is 0 Å². The summed E-state index contributed by atoms with van der Waals surface area (Å²) in [5.41, 5.74) is -7.96. The summed E-state index contributed by atoms with van der Waals surface area (Å²) in [6.07, 6.45) is -5.65. The highest BCUT2D eigenvalue weighted by Crippen LogP contribution is 2.45. The number of amides is 2. The van der Waals surface area contributed by atoms with Crippen LogP contribution in [0.5, 0.6) is 0 Å².